The number of carbonyl (C=O) groups is 1. The number of piperidine rings is 1. The third-order valence-corrected chi connectivity index (χ3v) is 3.08. The monoisotopic (exact) mass is 254 g/mol. The van der Waals surface area contributed by atoms with Crippen LogP contribution in [0.1, 0.15) is 25.7 Å². The van der Waals surface area contributed by atoms with E-state index in [9.17, 15) is 13.6 Å². The smallest absolute Gasteiger partial charge is 0.262 e. The lowest BCUT2D eigenvalue weighted by molar-refractivity contribution is -0.134. The summed E-state index contributed by atoms with van der Waals surface area (Å²) in [4.78, 5) is 13.5. The Kier molecular flexibility index (Phi) is 4.50. The second-order valence-corrected chi connectivity index (χ2v) is 4.38. The van der Waals surface area contributed by atoms with Crippen LogP contribution in [0.25, 0.3) is 0 Å². The fourth-order valence-electron chi connectivity index (χ4n) is 2.22. The summed E-state index contributed by atoms with van der Waals surface area (Å²) in [5.41, 5.74) is 0. The van der Waals surface area contributed by atoms with Crippen LogP contribution in [-0.4, -0.2) is 42.4 Å². The molecule has 6 heteroatoms. The highest BCUT2D eigenvalue weighted by molar-refractivity contribution is 5.85. The number of alkyl halides is 2. The number of nitrogens with zero attached hydrogens (tertiary/aromatic N) is 1. The van der Waals surface area contributed by atoms with E-state index in [0.29, 0.717) is 0 Å². The van der Waals surface area contributed by atoms with Crippen LogP contribution in [0.5, 0.6) is 0 Å². The van der Waals surface area contributed by atoms with Crippen LogP contribution in [-0.2, 0) is 4.79 Å². The van der Waals surface area contributed by atoms with Gasteiger partial charge < -0.3 is 4.90 Å². The molecule has 1 atom stereocenters. The van der Waals surface area contributed by atoms with Gasteiger partial charge in [0, 0.05) is 19.5 Å². The van der Waals surface area contributed by atoms with Gasteiger partial charge in [0.2, 0.25) is 5.91 Å². The Morgan fingerprint density at radius 1 is 1.25 bits per heavy atom. The highest BCUT2D eigenvalue weighted by atomic mass is 35.5. The molecule has 2 rings (SSSR count). The van der Waals surface area contributed by atoms with Gasteiger partial charge in [-0.1, -0.05) is 0 Å². The Bertz CT molecular complexity index is 257. The SMILES string of the molecule is Cl.O=C([C@@H]1CC(F)(F)CN1)N1CCCCC1. The lowest BCUT2D eigenvalue weighted by atomic mass is 10.1. The molecule has 2 heterocycles. The summed E-state index contributed by atoms with van der Waals surface area (Å²) in [5.74, 6) is -2.86. The zero-order valence-electron chi connectivity index (χ0n) is 9.05. The van der Waals surface area contributed by atoms with E-state index in [1.807, 2.05) is 0 Å². The second-order valence-electron chi connectivity index (χ2n) is 4.38. The topological polar surface area (TPSA) is 32.3 Å². The van der Waals surface area contributed by atoms with Crippen LogP contribution in [0.15, 0.2) is 0 Å². The Labute approximate surface area is 100.0 Å². The first kappa shape index (κ1) is 13.6. The maximum atomic E-state index is 12.9. The quantitative estimate of drug-likeness (QED) is 0.768. The van der Waals surface area contributed by atoms with Gasteiger partial charge in [0.1, 0.15) is 0 Å². The molecule has 0 aromatic carbocycles. The minimum atomic E-state index is -2.71. The number of halogens is 3. The largest absolute Gasteiger partial charge is 0.341 e. The lowest BCUT2D eigenvalue weighted by Crippen LogP contribution is -2.45. The molecule has 1 N–H and O–H groups in total. The molecule has 3 nitrogen and oxygen atoms in total. The molecule has 2 saturated heterocycles. The Balaban J connectivity index is 0.00000128. The standard InChI is InChI=1S/C10H16F2N2O.ClH/c11-10(12)6-8(13-7-10)9(15)14-4-2-1-3-5-14;/h8,13H,1-7H2;1H/t8-;/m0./s1. The zero-order valence-corrected chi connectivity index (χ0v) is 9.86. The summed E-state index contributed by atoms with van der Waals surface area (Å²) < 4.78 is 25.8. The van der Waals surface area contributed by atoms with E-state index in [1.54, 1.807) is 4.90 Å². The van der Waals surface area contributed by atoms with E-state index in [4.69, 9.17) is 0 Å². The van der Waals surface area contributed by atoms with Gasteiger partial charge in [0.25, 0.3) is 5.92 Å². The molecule has 0 aromatic heterocycles. The first-order valence-electron chi connectivity index (χ1n) is 5.48. The van der Waals surface area contributed by atoms with Gasteiger partial charge in [-0.15, -0.1) is 12.4 Å². The van der Waals surface area contributed by atoms with Crippen LogP contribution in [0.3, 0.4) is 0 Å². The molecule has 1 amide bonds. The van der Waals surface area contributed by atoms with Crippen molar-refractivity contribution in [1.82, 2.24) is 10.2 Å². The average molecular weight is 255 g/mol. The van der Waals surface area contributed by atoms with Crippen molar-refractivity contribution in [3.63, 3.8) is 0 Å². The molecular weight excluding hydrogens is 238 g/mol. The Morgan fingerprint density at radius 3 is 2.38 bits per heavy atom. The first-order chi connectivity index (χ1) is 7.08. The van der Waals surface area contributed by atoms with Crippen LogP contribution in [0, 0.1) is 0 Å². The van der Waals surface area contributed by atoms with Gasteiger partial charge in [0.05, 0.1) is 12.6 Å². The van der Waals surface area contributed by atoms with Gasteiger partial charge in [-0.2, -0.15) is 0 Å². The van der Waals surface area contributed by atoms with Gasteiger partial charge >= 0.3 is 0 Å². The molecule has 16 heavy (non-hydrogen) atoms. The van der Waals surface area contributed by atoms with E-state index in [2.05, 4.69) is 5.32 Å². The Hall–Kier alpha value is -0.420. The predicted molar refractivity (Wildman–Crippen MR) is 59.0 cm³/mol. The van der Waals surface area contributed by atoms with Crippen molar-refractivity contribution >= 4 is 18.3 Å². The highest BCUT2D eigenvalue weighted by Gasteiger charge is 2.43. The molecule has 0 bridgehead atoms. The van der Waals surface area contributed by atoms with Crippen molar-refractivity contribution in [3.8, 4) is 0 Å². The number of rotatable bonds is 1. The summed E-state index contributed by atoms with van der Waals surface area (Å²) in [6.07, 6.45) is 2.78. The predicted octanol–water partition coefficient (Wildman–Crippen LogP) is 1.42. The normalized spacial score (nSPS) is 28.6. The van der Waals surface area contributed by atoms with Gasteiger partial charge in [0.15, 0.2) is 0 Å². The third-order valence-electron chi connectivity index (χ3n) is 3.08. The van der Waals surface area contributed by atoms with Crippen molar-refractivity contribution in [2.24, 2.45) is 0 Å². The fourth-order valence-corrected chi connectivity index (χ4v) is 2.22. The van der Waals surface area contributed by atoms with Crippen molar-refractivity contribution < 1.29 is 13.6 Å². The maximum Gasteiger partial charge on any atom is 0.262 e. The van der Waals surface area contributed by atoms with E-state index < -0.39 is 12.0 Å². The number of carbonyl (C=O) groups excluding carboxylic acids is 1. The molecule has 0 saturated carbocycles. The van der Waals surface area contributed by atoms with E-state index in [1.165, 1.54) is 0 Å². The number of hydrogen-bond acceptors (Lipinski definition) is 2. The Morgan fingerprint density at radius 2 is 1.88 bits per heavy atom. The summed E-state index contributed by atoms with van der Waals surface area (Å²) in [6.45, 7) is 1.09. The molecule has 2 aliphatic heterocycles. The second kappa shape index (κ2) is 5.27. The van der Waals surface area contributed by atoms with Crippen molar-refractivity contribution in [2.75, 3.05) is 19.6 Å². The minimum Gasteiger partial charge on any atom is -0.341 e. The molecule has 94 valence electrons. The van der Waals surface area contributed by atoms with Crippen molar-refractivity contribution in [3.05, 3.63) is 0 Å². The molecular formula is C10H17ClF2N2O. The summed E-state index contributed by atoms with van der Waals surface area (Å²) in [7, 11) is 0. The van der Waals surface area contributed by atoms with Crippen LogP contribution >= 0.6 is 12.4 Å². The maximum absolute atomic E-state index is 12.9. The zero-order chi connectivity index (χ0) is 10.9. The van der Waals surface area contributed by atoms with Gasteiger partial charge in [-0.25, -0.2) is 8.78 Å². The number of nitrogens with one attached hydrogen (secondary N) is 1. The molecule has 0 spiro atoms. The lowest BCUT2D eigenvalue weighted by Gasteiger charge is -2.29. The molecule has 2 aliphatic rings. The highest BCUT2D eigenvalue weighted by Crippen LogP contribution is 2.26. The number of likely N-dealkylation sites (tertiary alicyclic amines) is 1. The van der Waals surface area contributed by atoms with Crippen LogP contribution in [0.2, 0.25) is 0 Å². The van der Waals surface area contributed by atoms with Crippen LogP contribution in [0.4, 0.5) is 8.78 Å². The van der Waals surface area contributed by atoms with Gasteiger partial charge in [-0.3, -0.25) is 10.1 Å². The number of amides is 1. The van der Waals surface area contributed by atoms with E-state index in [0.717, 1.165) is 32.4 Å². The summed E-state index contributed by atoms with van der Waals surface area (Å²) >= 11 is 0. The summed E-state index contributed by atoms with van der Waals surface area (Å²) in [6, 6.07) is -0.668. The van der Waals surface area contributed by atoms with Crippen molar-refractivity contribution in [1.29, 1.82) is 0 Å². The molecule has 2 fully saturated rings. The van der Waals surface area contributed by atoms with E-state index >= 15 is 0 Å². The first-order valence-corrected chi connectivity index (χ1v) is 5.48. The van der Waals surface area contributed by atoms with Gasteiger partial charge in [-0.05, 0) is 19.3 Å². The molecule has 0 radical (unpaired) electrons. The number of hydrogen-bond donors (Lipinski definition) is 1. The minimum absolute atomic E-state index is 0. The summed E-state index contributed by atoms with van der Waals surface area (Å²) in [5, 5.41) is 2.60. The fraction of sp³-hybridized carbons (Fsp3) is 0.900. The molecule has 0 unspecified atom stereocenters. The van der Waals surface area contributed by atoms with Crippen molar-refractivity contribution in [2.45, 2.75) is 37.6 Å². The van der Waals surface area contributed by atoms with Crippen LogP contribution < -0.4 is 5.32 Å². The molecule has 0 aliphatic carbocycles. The third kappa shape index (κ3) is 3.04. The molecule has 0 aromatic rings. The van der Waals surface area contributed by atoms with E-state index in [-0.39, 0.29) is 31.3 Å². The average Bonchev–Trinajstić information content (AvgIpc) is 2.59.